The Bertz CT molecular complexity index is 572. The van der Waals surface area contributed by atoms with Crippen LogP contribution in [0.4, 0.5) is 0 Å². The molecule has 4 nitrogen and oxygen atoms in total. The number of ether oxygens (including phenoxy) is 1. The molecule has 0 aliphatic carbocycles. The van der Waals surface area contributed by atoms with Gasteiger partial charge in [0, 0.05) is 12.6 Å². The first-order valence-electron chi connectivity index (χ1n) is 6.08. The molecule has 1 aliphatic heterocycles. The molecule has 1 N–H and O–H groups in total. The lowest BCUT2D eigenvalue weighted by molar-refractivity contribution is 0.00597. The molecule has 3 heterocycles. The van der Waals surface area contributed by atoms with Crippen molar-refractivity contribution in [3.63, 3.8) is 0 Å². The van der Waals surface area contributed by atoms with Crippen LogP contribution in [0.5, 0.6) is 0 Å². The lowest BCUT2D eigenvalue weighted by atomic mass is 10.0. The number of H-pyrrole nitrogens is 1. The molecular weight excluding hydrogens is 266 g/mol. The number of thiophene rings is 1. The Kier molecular flexibility index (Phi) is 3.32. The van der Waals surface area contributed by atoms with E-state index in [1.54, 1.807) is 11.3 Å². The van der Waals surface area contributed by atoms with Crippen LogP contribution in [0.3, 0.4) is 0 Å². The number of hydrogen-bond donors (Lipinski definition) is 1. The Hall–Kier alpha value is -0.980. The second-order valence-corrected chi connectivity index (χ2v) is 5.89. The number of rotatable bonds is 2. The molecule has 0 saturated carbocycles. The first-order valence-corrected chi connectivity index (χ1v) is 7.37. The number of hydrogen-bond acceptors (Lipinski definition) is 4. The summed E-state index contributed by atoms with van der Waals surface area (Å²) in [6, 6.07) is 4.50. The quantitative estimate of drug-likeness (QED) is 0.858. The average Bonchev–Trinajstić information content (AvgIpc) is 2.97. The highest BCUT2D eigenvalue weighted by Gasteiger charge is 2.24. The molecule has 96 valence electrons. The minimum Gasteiger partial charge on any atom is -0.378 e. The molecule has 0 aromatic carbocycles. The van der Waals surface area contributed by atoms with Crippen molar-refractivity contribution >= 4 is 23.6 Å². The zero-order valence-electron chi connectivity index (χ0n) is 10.1. The van der Waals surface area contributed by atoms with Crippen molar-refractivity contribution in [3.05, 3.63) is 22.3 Å². The van der Waals surface area contributed by atoms with Crippen LogP contribution >= 0.6 is 23.6 Å². The molecule has 1 saturated heterocycles. The second-order valence-electron chi connectivity index (χ2n) is 4.56. The Morgan fingerprint density at radius 1 is 1.61 bits per heavy atom. The van der Waals surface area contributed by atoms with E-state index in [2.05, 4.69) is 33.1 Å². The number of nitrogens with one attached hydrogen (secondary N) is 1. The number of aromatic amines is 1. The van der Waals surface area contributed by atoms with Gasteiger partial charge in [-0.15, -0.1) is 11.3 Å². The summed E-state index contributed by atoms with van der Waals surface area (Å²) in [5, 5.41) is 9.35. The van der Waals surface area contributed by atoms with Crippen molar-refractivity contribution in [2.24, 2.45) is 0 Å². The highest BCUT2D eigenvalue weighted by molar-refractivity contribution is 7.71. The van der Waals surface area contributed by atoms with E-state index in [9.17, 15) is 0 Å². The molecule has 2 aromatic heterocycles. The standard InChI is InChI=1S/C12H15N3OS2/c1-8-7-9(4-5-16-8)15-11(13-14-12(15)17)10-3-2-6-18-10/h2-3,6,8-9H,4-5,7H2,1H3,(H,14,17). The summed E-state index contributed by atoms with van der Waals surface area (Å²) in [5.74, 6) is 0.953. The van der Waals surface area contributed by atoms with Gasteiger partial charge in [-0.25, -0.2) is 0 Å². The topological polar surface area (TPSA) is 42.8 Å². The minimum atomic E-state index is 0.289. The maximum absolute atomic E-state index is 5.60. The summed E-state index contributed by atoms with van der Waals surface area (Å²) in [6.07, 6.45) is 2.28. The molecule has 1 fully saturated rings. The molecular formula is C12H15N3OS2. The Labute approximate surface area is 115 Å². The first kappa shape index (κ1) is 12.1. The van der Waals surface area contributed by atoms with Crippen molar-refractivity contribution in [2.75, 3.05) is 6.61 Å². The summed E-state index contributed by atoms with van der Waals surface area (Å²) >= 11 is 7.06. The highest BCUT2D eigenvalue weighted by Crippen LogP contribution is 2.31. The molecule has 2 atom stereocenters. The zero-order chi connectivity index (χ0) is 12.5. The third-order valence-electron chi connectivity index (χ3n) is 3.27. The molecule has 3 rings (SSSR count). The second kappa shape index (κ2) is 4.95. The highest BCUT2D eigenvalue weighted by atomic mass is 32.1. The Balaban J connectivity index is 2.01. The van der Waals surface area contributed by atoms with Gasteiger partial charge in [0.05, 0.1) is 11.0 Å². The third kappa shape index (κ3) is 2.15. The van der Waals surface area contributed by atoms with Gasteiger partial charge in [-0.2, -0.15) is 5.10 Å². The van der Waals surface area contributed by atoms with Crippen LogP contribution in [-0.4, -0.2) is 27.5 Å². The average molecular weight is 281 g/mol. The molecule has 2 aromatic rings. The maximum Gasteiger partial charge on any atom is 0.195 e. The van der Waals surface area contributed by atoms with Crippen LogP contribution in [0.2, 0.25) is 0 Å². The molecule has 0 amide bonds. The van der Waals surface area contributed by atoms with Crippen LogP contribution in [0.25, 0.3) is 10.7 Å². The predicted octanol–water partition coefficient (Wildman–Crippen LogP) is 3.41. The van der Waals surface area contributed by atoms with Crippen LogP contribution < -0.4 is 0 Å². The summed E-state index contributed by atoms with van der Waals surface area (Å²) in [5.41, 5.74) is 0. The fourth-order valence-electron chi connectivity index (χ4n) is 2.43. The van der Waals surface area contributed by atoms with Crippen LogP contribution in [-0.2, 0) is 4.74 Å². The van der Waals surface area contributed by atoms with Gasteiger partial charge in [0.1, 0.15) is 0 Å². The number of nitrogens with zero attached hydrogens (tertiary/aromatic N) is 2. The summed E-state index contributed by atoms with van der Waals surface area (Å²) in [7, 11) is 0. The van der Waals surface area contributed by atoms with E-state index in [1.807, 2.05) is 6.07 Å². The van der Waals surface area contributed by atoms with Crippen molar-refractivity contribution in [2.45, 2.75) is 31.9 Å². The van der Waals surface area contributed by atoms with Crippen LogP contribution in [0.15, 0.2) is 17.5 Å². The van der Waals surface area contributed by atoms with Crippen molar-refractivity contribution in [1.82, 2.24) is 14.8 Å². The summed E-state index contributed by atoms with van der Waals surface area (Å²) < 4.78 is 8.46. The van der Waals surface area contributed by atoms with Gasteiger partial charge in [0.25, 0.3) is 0 Å². The largest absolute Gasteiger partial charge is 0.378 e. The predicted molar refractivity (Wildman–Crippen MR) is 74.4 cm³/mol. The molecule has 0 radical (unpaired) electrons. The fraction of sp³-hybridized carbons (Fsp3) is 0.500. The molecule has 1 aliphatic rings. The normalized spacial score (nSPS) is 24.3. The lowest BCUT2D eigenvalue weighted by Gasteiger charge is -2.28. The fourth-order valence-corrected chi connectivity index (χ4v) is 3.42. The Morgan fingerprint density at radius 2 is 2.50 bits per heavy atom. The van der Waals surface area contributed by atoms with Crippen LogP contribution in [0, 0.1) is 4.77 Å². The van der Waals surface area contributed by atoms with Gasteiger partial charge in [0.2, 0.25) is 0 Å². The van der Waals surface area contributed by atoms with Gasteiger partial charge in [-0.1, -0.05) is 6.07 Å². The van der Waals surface area contributed by atoms with Crippen LogP contribution in [0.1, 0.15) is 25.8 Å². The van der Waals surface area contributed by atoms with Gasteiger partial charge in [-0.05, 0) is 43.4 Å². The van der Waals surface area contributed by atoms with E-state index in [1.165, 1.54) is 0 Å². The first-order chi connectivity index (χ1) is 8.75. The van der Waals surface area contributed by atoms with Gasteiger partial charge < -0.3 is 4.74 Å². The van der Waals surface area contributed by atoms with E-state index in [-0.39, 0.29) is 6.10 Å². The minimum absolute atomic E-state index is 0.289. The van der Waals surface area contributed by atoms with E-state index < -0.39 is 0 Å². The monoisotopic (exact) mass is 281 g/mol. The molecule has 6 heteroatoms. The van der Waals surface area contributed by atoms with E-state index in [4.69, 9.17) is 17.0 Å². The molecule has 2 unspecified atom stereocenters. The SMILES string of the molecule is CC1CC(n2c(-c3cccs3)n[nH]c2=S)CCO1. The smallest absolute Gasteiger partial charge is 0.195 e. The van der Waals surface area contributed by atoms with Crippen molar-refractivity contribution in [3.8, 4) is 10.7 Å². The summed E-state index contributed by atoms with van der Waals surface area (Å²) in [4.78, 5) is 1.15. The zero-order valence-corrected chi connectivity index (χ0v) is 11.8. The third-order valence-corrected chi connectivity index (χ3v) is 4.42. The van der Waals surface area contributed by atoms with E-state index in [0.29, 0.717) is 10.8 Å². The van der Waals surface area contributed by atoms with Gasteiger partial charge in [0.15, 0.2) is 10.6 Å². The van der Waals surface area contributed by atoms with Gasteiger partial charge >= 0.3 is 0 Å². The molecule has 0 spiro atoms. The molecule has 0 bridgehead atoms. The van der Waals surface area contributed by atoms with Crippen molar-refractivity contribution < 1.29 is 4.74 Å². The lowest BCUT2D eigenvalue weighted by Crippen LogP contribution is -2.26. The van der Waals surface area contributed by atoms with Crippen molar-refractivity contribution in [1.29, 1.82) is 0 Å². The maximum atomic E-state index is 5.60. The van der Waals surface area contributed by atoms with Gasteiger partial charge in [-0.3, -0.25) is 9.67 Å². The summed E-state index contributed by atoms with van der Waals surface area (Å²) in [6.45, 7) is 2.91. The molecule has 18 heavy (non-hydrogen) atoms. The van der Waals surface area contributed by atoms with E-state index in [0.717, 1.165) is 30.2 Å². The number of aromatic nitrogens is 3. The Morgan fingerprint density at radius 3 is 3.22 bits per heavy atom. The van der Waals surface area contributed by atoms with E-state index >= 15 is 0 Å².